The second-order valence-corrected chi connectivity index (χ2v) is 8.94. The number of nitrogens with two attached hydrogens (primary N) is 1. The Morgan fingerprint density at radius 1 is 1.33 bits per heavy atom. The summed E-state index contributed by atoms with van der Waals surface area (Å²) in [6.07, 6.45) is 10.0. The number of hydrogen-bond acceptors (Lipinski definition) is 6. The number of anilines is 1. The SMILES string of the molecule is Nc1nc(CC(=O)NC2=CCC(C[C@H]3CC[C@H]([C@H](O)c4ccccc4)N3)C=C2)cs1. The van der Waals surface area contributed by atoms with Gasteiger partial charge in [-0.2, -0.15) is 0 Å². The summed E-state index contributed by atoms with van der Waals surface area (Å²) in [4.78, 5) is 16.3. The number of hydrogen-bond donors (Lipinski definition) is 4. The Balaban J connectivity index is 1.21. The van der Waals surface area contributed by atoms with Gasteiger partial charge < -0.3 is 21.5 Å². The van der Waals surface area contributed by atoms with Gasteiger partial charge in [-0.15, -0.1) is 11.3 Å². The molecule has 1 aliphatic heterocycles. The minimum Gasteiger partial charge on any atom is -0.387 e. The van der Waals surface area contributed by atoms with Crippen molar-refractivity contribution in [2.45, 2.75) is 50.3 Å². The predicted molar refractivity (Wildman–Crippen MR) is 120 cm³/mol. The number of thiazole rings is 1. The summed E-state index contributed by atoms with van der Waals surface area (Å²) in [7, 11) is 0. The first-order valence-corrected chi connectivity index (χ1v) is 11.3. The van der Waals surface area contributed by atoms with Crippen molar-refractivity contribution in [2.75, 3.05) is 5.73 Å². The molecule has 2 aromatic rings. The van der Waals surface area contributed by atoms with Gasteiger partial charge in [-0.1, -0.05) is 42.5 Å². The zero-order valence-electron chi connectivity index (χ0n) is 16.8. The lowest BCUT2D eigenvalue weighted by Crippen LogP contribution is -2.35. The van der Waals surface area contributed by atoms with Crippen LogP contribution in [0.25, 0.3) is 0 Å². The number of allylic oxidation sites excluding steroid dienone is 3. The molecule has 1 amide bonds. The van der Waals surface area contributed by atoms with Crippen molar-refractivity contribution < 1.29 is 9.90 Å². The summed E-state index contributed by atoms with van der Waals surface area (Å²) in [5.41, 5.74) is 8.12. The van der Waals surface area contributed by atoms with Gasteiger partial charge in [0.2, 0.25) is 5.91 Å². The van der Waals surface area contributed by atoms with Crippen LogP contribution in [-0.4, -0.2) is 28.1 Å². The molecule has 158 valence electrons. The Hall–Kier alpha value is -2.48. The van der Waals surface area contributed by atoms with E-state index in [1.165, 1.54) is 11.3 Å². The van der Waals surface area contributed by atoms with Crippen LogP contribution in [-0.2, 0) is 11.2 Å². The summed E-state index contributed by atoms with van der Waals surface area (Å²) < 4.78 is 0. The number of rotatable bonds is 7. The molecule has 4 rings (SSSR count). The third-order valence-corrected chi connectivity index (χ3v) is 6.49. The van der Waals surface area contributed by atoms with E-state index in [1.807, 2.05) is 41.8 Å². The molecule has 4 atom stereocenters. The number of nitrogens with zero attached hydrogens (tertiary/aromatic N) is 1. The lowest BCUT2D eigenvalue weighted by Gasteiger charge is -2.23. The predicted octanol–water partition coefficient (Wildman–Crippen LogP) is 3.09. The fraction of sp³-hybridized carbons (Fsp3) is 0.391. The van der Waals surface area contributed by atoms with E-state index in [0.29, 0.717) is 22.8 Å². The summed E-state index contributed by atoms with van der Waals surface area (Å²) >= 11 is 1.34. The van der Waals surface area contributed by atoms with Gasteiger partial charge in [-0.3, -0.25) is 4.79 Å². The molecule has 2 heterocycles. The van der Waals surface area contributed by atoms with Crippen LogP contribution in [0.1, 0.15) is 43.0 Å². The highest BCUT2D eigenvalue weighted by atomic mass is 32.1. The Labute approximate surface area is 180 Å². The standard InChI is InChI=1S/C23H28N4O2S/c24-23-27-19(14-30-23)13-21(28)26-17-8-6-15(7-9-17)12-18-10-11-20(25-18)22(29)16-4-2-1-3-5-16/h1-6,8-9,14-15,18,20,22,25,29H,7,10-13H2,(H2,24,27)(H,26,28)/t15?,18-,20-,22-/m1/s1. The highest BCUT2D eigenvalue weighted by Crippen LogP contribution is 2.29. The van der Waals surface area contributed by atoms with E-state index in [1.54, 1.807) is 0 Å². The first-order chi connectivity index (χ1) is 14.6. The highest BCUT2D eigenvalue weighted by Gasteiger charge is 2.31. The Morgan fingerprint density at radius 3 is 2.87 bits per heavy atom. The first-order valence-electron chi connectivity index (χ1n) is 10.4. The van der Waals surface area contributed by atoms with Crippen LogP contribution in [0.4, 0.5) is 5.13 Å². The molecule has 1 aromatic carbocycles. The third-order valence-electron chi connectivity index (χ3n) is 5.77. The molecule has 1 aliphatic carbocycles. The van der Waals surface area contributed by atoms with Gasteiger partial charge in [0.25, 0.3) is 0 Å². The summed E-state index contributed by atoms with van der Waals surface area (Å²) in [6.45, 7) is 0. The van der Waals surface area contributed by atoms with E-state index in [2.05, 4.69) is 27.8 Å². The number of carbonyl (C=O) groups is 1. The number of aliphatic hydroxyl groups excluding tert-OH is 1. The minimum atomic E-state index is -0.465. The van der Waals surface area contributed by atoms with Crippen LogP contribution in [0, 0.1) is 5.92 Å². The van der Waals surface area contributed by atoms with Gasteiger partial charge in [-0.25, -0.2) is 4.98 Å². The van der Waals surface area contributed by atoms with Crippen molar-refractivity contribution in [3.05, 3.63) is 70.9 Å². The lowest BCUT2D eigenvalue weighted by atomic mass is 9.92. The number of aromatic nitrogens is 1. The van der Waals surface area contributed by atoms with Crippen molar-refractivity contribution >= 4 is 22.4 Å². The molecule has 0 saturated carbocycles. The minimum absolute atomic E-state index is 0.0788. The second-order valence-electron chi connectivity index (χ2n) is 8.06. The van der Waals surface area contributed by atoms with E-state index in [0.717, 1.165) is 36.9 Å². The number of nitrogen functional groups attached to an aromatic ring is 1. The average Bonchev–Trinajstić information content (AvgIpc) is 3.38. The average molecular weight is 425 g/mol. The van der Waals surface area contributed by atoms with Crippen LogP contribution in [0.5, 0.6) is 0 Å². The first kappa shape index (κ1) is 20.8. The topological polar surface area (TPSA) is 100 Å². The maximum absolute atomic E-state index is 12.2. The van der Waals surface area contributed by atoms with Crippen LogP contribution in [0.15, 0.2) is 59.6 Å². The van der Waals surface area contributed by atoms with Gasteiger partial charge in [-0.05, 0) is 43.2 Å². The van der Waals surface area contributed by atoms with Crippen molar-refractivity contribution in [2.24, 2.45) is 5.92 Å². The molecule has 6 nitrogen and oxygen atoms in total. The molecule has 1 unspecified atom stereocenters. The number of carbonyl (C=O) groups excluding carboxylic acids is 1. The molecule has 0 radical (unpaired) electrons. The number of amides is 1. The molecule has 7 heteroatoms. The maximum atomic E-state index is 12.2. The van der Waals surface area contributed by atoms with Gasteiger partial charge in [0.1, 0.15) is 0 Å². The van der Waals surface area contributed by atoms with Crippen LogP contribution < -0.4 is 16.4 Å². The molecular weight excluding hydrogens is 396 g/mol. The van der Waals surface area contributed by atoms with Crippen molar-refractivity contribution in [1.82, 2.24) is 15.6 Å². The quantitative estimate of drug-likeness (QED) is 0.547. The highest BCUT2D eigenvalue weighted by molar-refractivity contribution is 7.13. The normalized spacial score (nSPS) is 24.4. The lowest BCUT2D eigenvalue weighted by molar-refractivity contribution is -0.119. The van der Waals surface area contributed by atoms with E-state index in [9.17, 15) is 9.90 Å². The Bertz CT molecular complexity index is 924. The maximum Gasteiger partial charge on any atom is 0.230 e. The van der Waals surface area contributed by atoms with Crippen molar-refractivity contribution in [1.29, 1.82) is 0 Å². The molecule has 0 bridgehead atoms. The molecule has 1 fully saturated rings. The monoisotopic (exact) mass is 424 g/mol. The fourth-order valence-electron chi connectivity index (χ4n) is 4.24. The van der Waals surface area contributed by atoms with Gasteiger partial charge in [0.05, 0.1) is 18.2 Å². The molecule has 5 N–H and O–H groups in total. The van der Waals surface area contributed by atoms with E-state index in [4.69, 9.17) is 5.73 Å². The van der Waals surface area contributed by atoms with Gasteiger partial charge >= 0.3 is 0 Å². The smallest absolute Gasteiger partial charge is 0.230 e. The molecule has 1 saturated heterocycles. The summed E-state index contributed by atoms with van der Waals surface area (Å²) in [5.74, 6) is 0.360. The van der Waals surface area contributed by atoms with E-state index >= 15 is 0 Å². The summed E-state index contributed by atoms with van der Waals surface area (Å²) in [6, 6.07) is 10.4. The van der Waals surface area contributed by atoms with Gasteiger partial charge in [0, 0.05) is 23.2 Å². The third kappa shape index (κ3) is 5.36. The number of aliphatic hydroxyl groups is 1. The van der Waals surface area contributed by atoms with Crippen LogP contribution >= 0.6 is 11.3 Å². The molecule has 0 spiro atoms. The van der Waals surface area contributed by atoms with Gasteiger partial charge in [0.15, 0.2) is 5.13 Å². The molecule has 1 aromatic heterocycles. The zero-order chi connectivity index (χ0) is 20.9. The largest absolute Gasteiger partial charge is 0.387 e. The summed E-state index contributed by atoms with van der Waals surface area (Å²) in [5, 5.41) is 19.5. The second kappa shape index (κ2) is 9.55. The molecule has 30 heavy (non-hydrogen) atoms. The van der Waals surface area contributed by atoms with E-state index in [-0.39, 0.29) is 18.4 Å². The van der Waals surface area contributed by atoms with E-state index < -0.39 is 6.10 Å². The number of benzene rings is 1. The van der Waals surface area contributed by atoms with Crippen LogP contribution in [0.2, 0.25) is 0 Å². The fourth-order valence-corrected chi connectivity index (χ4v) is 4.80. The Morgan fingerprint density at radius 2 is 2.17 bits per heavy atom. The zero-order valence-corrected chi connectivity index (χ0v) is 17.6. The number of nitrogens with one attached hydrogen (secondary N) is 2. The van der Waals surface area contributed by atoms with Crippen molar-refractivity contribution in [3.63, 3.8) is 0 Å². The molecular formula is C23H28N4O2S. The molecule has 2 aliphatic rings. The van der Waals surface area contributed by atoms with Crippen LogP contribution in [0.3, 0.4) is 0 Å². The van der Waals surface area contributed by atoms with Crippen molar-refractivity contribution in [3.8, 4) is 0 Å². The Kier molecular flexibility index (Phi) is 6.62.